The summed E-state index contributed by atoms with van der Waals surface area (Å²) in [5, 5.41) is 14.1. The van der Waals surface area contributed by atoms with Gasteiger partial charge in [-0.1, -0.05) is 23.1 Å². The number of carbonyl (C=O) groups is 1. The van der Waals surface area contributed by atoms with Crippen molar-refractivity contribution < 1.29 is 18.0 Å². The summed E-state index contributed by atoms with van der Waals surface area (Å²) in [6.07, 6.45) is 1.59. The van der Waals surface area contributed by atoms with Crippen LogP contribution in [0.4, 0.5) is 19.6 Å². The first kappa shape index (κ1) is 17.4. The molecule has 6 nitrogen and oxygen atoms in total. The number of thioether (sulfide) groups is 1. The summed E-state index contributed by atoms with van der Waals surface area (Å²) in [7, 11) is 0. The fourth-order valence-corrected chi connectivity index (χ4v) is 3.36. The van der Waals surface area contributed by atoms with Crippen LogP contribution in [0, 0.1) is 11.6 Å². The molecule has 1 aromatic carbocycles. The largest absolute Gasteiger partial charge is 0.467 e. The highest BCUT2D eigenvalue weighted by molar-refractivity contribution is 8.01. The first-order valence-electron chi connectivity index (χ1n) is 7.07. The number of nitrogens with zero attached hydrogens (tertiary/aromatic N) is 2. The lowest BCUT2D eigenvalue weighted by Crippen LogP contribution is -2.14. The van der Waals surface area contributed by atoms with Gasteiger partial charge in [0.15, 0.2) is 16.0 Å². The second-order valence-corrected chi connectivity index (χ2v) is 6.97. The van der Waals surface area contributed by atoms with Crippen LogP contribution in [0.25, 0.3) is 0 Å². The molecule has 0 atom stereocenters. The molecule has 2 heterocycles. The van der Waals surface area contributed by atoms with E-state index >= 15 is 0 Å². The standard InChI is InChI=1S/C15H12F2N4O2S2/c16-11-4-3-9(6-12(11)17)19-13(22)8-24-15-21-20-14(25-15)18-7-10-2-1-5-23-10/h1-6H,7-8H2,(H,18,20)(H,19,22). The Balaban J connectivity index is 1.46. The van der Waals surface area contributed by atoms with E-state index in [4.69, 9.17) is 4.42 Å². The minimum atomic E-state index is -1.01. The molecule has 0 saturated carbocycles. The van der Waals surface area contributed by atoms with Crippen molar-refractivity contribution in [2.75, 3.05) is 16.4 Å². The van der Waals surface area contributed by atoms with Gasteiger partial charge in [-0.15, -0.1) is 10.2 Å². The van der Waals surface area contributed by atoms with Gasteiger partial charge in [0.2, 0.25) is 11.0 Å². The summed E-state index contributed by atoms with van der Waals surface area (Å²) in [6.45, 7) is 0.489. The predicted molar refractivity (Wildman–Crippen MR) is 91.7 cm³/mol. The first-order valence-corrected chi connectivity index (χ1v) is 8.88. The number of rotatable bonds is 7. The van der Waals surface area contributed by atoms with E-state index in [1.807, 2.05) is 6.07 Å². The van der Waals surface area contributed by atoms with Gasteiger partial charge in [-0.05, 0) is 24.3 Å². The Kier molecular flexibility index (Phi) is 5.61. The summed E-state index contributed by atoms with van der Waals surface area (Å²) < 4.78 is 31.8. The molecule has 2 aromatic heterocycles. The number of amides is 1. The molecule has 2 N–H and O–H groups in total. The molecule has 0 radical (unpaired) electrons. The van der Waals surface area contributed by atoms with Gasteiger partial charge in [0.1, 0.15) is 5.76 Å². The summed E-state index contributed by atoms with van der Waals surface area (Å²) in [5.74, 6) is -1.48. The number of benzene rings is 1. The van der Waals surface area contributed by atoms with Gasteiger partial charge in [0.05, 0.1) is 18.6 Å². The van der Waals surface area contributed by atoms with Crippen molar-refractivity contribution >= 4 is 39.8 Å². The van der Waals surface area contributed by atoms with E-state index in [0.717, 1.165) is 17.9 Å². The van der Waals surface area contributed by atoms with Crippen LogP contribution in [0.5, 0.6) is 0 Å². The van der Waals surface area contributed by atoms with Crippen LogP contribution >= 0.6 is 23.1 Å². The minimum absolute atomic E-state index is 0.0752. The Labute approximate surface area is 149 Å². The number of hydrogen-bond donors (Lipinski definition) is 2. The zero-order valence-corrected chi connectivity index (χ0v) is 14.3. The van der Waals surface area contributed by atoms with Crippen molar-refractivity contribution in [2.45, 2.75) is 10.9 Å². The summed E-state index contributed by atoms with van der Waals surface area (Å²) in [4.78, 5) is 11.9. The van der Waals surface area contributed by atoms with Gasteiger partial charge < -0.3 is 15.1 Å². The van der Waals surface area contributed by atoms with E-state index in [9.17, 15) is 13.6 Å². The van der Waals surface area contributed by atoms with E-state index in [-0.39, 0.29) is 17.3 Å². The highest BCUT2D eigenvalue weighted by Gasteiger charge is 2.10. The van der Waals surface area contributed by atoms with E-state index in [1.165, 1.54) is 29.2 Å². The molecule has 3 aromatic rings. The summed E-state index contributed by atoms with van der Waals surface area (Å²) in [6, 6.07) is 6.82. The fraction of sp³-hybridized carbons (Fsp3) is 0.133. The number of nitrogens with one attached hydrogen (secondary N) is 2. The maximum atomic E-state index is 13.1. The van der Waals surface area contributed by atoms with Crippen molar-refractivity contribution in [3.05, 3.63) is 54.0 Å². The molecule has 0 bridgehead atoms. The van der Waals surface area contributed by atoms with Crippen LogP contribution < -0.4 is 10.6 Å². The van der Waals surface area contributed by atoms with Gasteiger partial charge in [-0.25, -0.2) is 8.78 Å². The van der Waals surface area contributed by atoms with E-state index in [1.54, 1.807) is 12.3 Å². The number of aromatic nitrogens is 2. The third-order valence-corrected chi connectivity index (χ3v) is 4.94. The third-order valence-electron chi connectivity index (χ3n) is 2.93. The topological polar surface area (TPSA) is 80.1 Å². The number of furan rings is 1. The monoisotopic (exact) mass is 382 g/mol. The lowest BCUT2D eigenvalue weighted by Gasteiger charge is -2.04. The molecule has 0 spiro atoms. The number of hydrogen-bond acceptors (Lipinski definition) is 7. The third kappa shape index (κ3) is 5.00. The van der Waals surface area contributed by atoms with Gasteiger partial charge >= 0.3 is 0 Å². The molecule has 10 heteroatoms. The molecular weight excluding hydrogens is 370 g/mol. The zero-order chi connectivity index (χ0) is 17.6. The van der Waals surface area contributed by atoms with Crippen molar-refractivity contribution in [3.63, 3.8) is 0 Å². The molecule has 0 saturated heterocycles. The Hall–Kier alpha value is -2.46. The van der Waals surface area contributed by atoms with Gasteiger partial charge in [-0.2, -0.15) is 0 Å². The minimum Gasteiger partial charge on any atom is -0.467 e. The highest BCUT2D eigenvalue weighted by Crippen LogP contribution is 2.26. The van der Waals surface area contributed by atoms with Gasteiger partial charge in [0, 0.05) is 11.8 Å². The average molecular weight is 382 g/mol. The molecule has 0 aliphatic carbocycles. The fourth-order valence-electron chi connectivity index (χ4n) is 1.81. The Bertz CT molecular complexity index is 855. The van der Waals surface area contributed by atoms with Gasteiger partial charge in [-0.3, -0.25) is 4.79 Å². The molecule has 130 valence electrons. The normalized spacial score (nSPS) is 10.6. The van der Waals surface area contributed by atoms with Crippen LogP contribution in [0.1, 0.15) is 5.76 Å². The number of carbonyl (C=O) groups excluding carboxylic acids is 1. The van der Waals surface area contributed by atoms with Crippen molar-refractivity contribution in [3.8, 4) is 0 Å². The maximum absolute atomic E-state index is 13.1. The van der Waals surface area contributed by atoms with Crippen molar-refractivity contribution in [2.24, 2.45) is 0 Å². The van der Waals surface area contributed by atoms with E-state index in [2.05, 4.69) is 20.8 Å². The molecule has 0 aliphatic rings. The van der Waals surface area contributed by atoms with Crippen LogP contribution in [0.3, 0.4) is 0 Å². The van der Waals surface area contributed by atoms with Crippen LogP contribution in [-0.2, 0) is 11.3 Å². The molecule has 0 fully saturated rings. The second kappa shape index (κ2) is 8.08. The molecular formula is C15H12F2N4O2S2. The smallest absolute Gasteiger partial charge is 0.234 e. The SMILES string of the molecule is O=C(CSc1nnc(NCc2ccco2)s1)Nc1ccc(F)c(F)c1. The quantitative estimate of drug-likeness (QED) is 0.606. The summed E-state index contributed by atoms with van der Waals surface area (Å²) >= 11 is 2.51. The molecule has 1 amide bonds. The average Bonchev–Trinajstić information content (AvgIpc) is 3.26. The number of anilines is 2. The van der Waals surface area contributed by atoms with Crippen LogP contribution in [0.15, 0.2) is 45.4 Å². The lowest BCUT2D eigenvalue weighted by atomic mass is 10.3. The Morgan fingerprint density at radius 3 is 2.88 bits per heavy atom. The predicted octanol–water partition coefficient (Wildman–Crippen LogP) is 3.75. The summed E-state index contributed by atoms with van der Waals surface area (Å²) in [5.41, 5.74) is 0.197. The molecule has 0 aliphatic heterocycles. The maximum Gasteiger partial charge on any atom is 0.234 e. The number of halogens is 2. The molecule has 25 heavy (non-hydrogen) atoms. The second-order valence-electron chi connectivity index (χ2n) is 4.77. The van der Waals surface area contributed by atoms with Crippen LogP contribution in [0.2, 0.25) is 0 Å². The Morgan fingerprint density at radius 2 is 2.12 bits per heavy atom. The van der Waals surface area contributed by atoms with Crippen molar-refractivity contribution in [1.82, 2.24) is 10.2 Å². The van der Waals surface area contributed by atoms with E-state index in [0.29, 0.717) is 16.0 Å². The zero-order valence-electron chi connectivity index (χ0n) is 12.7. The Morgan fingerprint density at radius 1 is 1.24 bits per heavy atom. The molecule has 3 rings (SSSR count). The van der Waals surface area contributed by atoms with Crippen molar-refractivity contribution in [1.29, 1.82) is 0 Å². The van der Waals surface area contributed by atoms with Gasteiger partial charge in [0.25, 0.3) is 0 Å². The highest BCUT2D eigenvalue weighted by atomic mass is 32.2. The first-order chi connectivity index (χ1) is 12.1. The van der Waals surface area contributed by atoms with E-state index < -0.39 is 11.6 Å². The van der Waals surface area contributed by atoms with Crippen LogP contribution in [-0.4, -0.2) is 21.9 Å². The lowest BCUT2D eigenvalue weighted by molar-refractivity contribution is -0.113. The molecule has 0 unspecified atom stereocenters.